The Morgan fingerprint density at radius 1 is 1.83 bits per heavy atom. The summed E-state index contributed by atoms with van der Waals surface area (Å²) in [7, 11) is 0. The molecule has 6 heavy (non-hydrogen) atoms. The molecule has 0 saturated heterocycles. The summed E-state index contributed by atoms with van der Waals surface area (Å²) in [6.07, 6.45) is 0. The van der Waals surface area contributed by atoms with Gasteiger partial charge in [-0.05, 0) is 11.9 Å². The minimum absolute atomic E-state index is 0.937. The molecule has 0 aliphatic carbocycles. The fourth-order valence-corrected chi connectivity index (χ4v) is 0.760. The van der Waals surface area contributed by atoms with Crippen LogP contribution in [0.5, 0.6) is 0 Å². The largest absolute Gasteiger partial charge is 0.284 e. The van der Waals surface area contributed by atoms with Gasteiger partial charge in [-0.2, -0.15) is 0 Å². The van der Waals surface area contributed by atoms with Crippen molar-refractivity contribution in [2.45, 2.75) is 0 Å². The van der Waals surface area contributed by atoms with Gasteiger partial charge < -0.3 is 0 Å². The van der Waals surface area contributed by atoms with E-state index in [4.69, 9.17) is 0 Å². The molecule has 0 saturated carbocycles. The van der Waals surface area contributed by atoms with Crippen LogP contribution in [-0.4, -0.2) is 18.6 Å². The van der Waals surface area contributed by atoms with Crippen molar-refractivity contribution in [1.29, 1.82) is 0 Å². The van der Waals surface area contributed by atoms with E-state index in [-0.39, 0.29) is 0 Å². The molecule has 0 amide bonds. The van der Waals surface area contributed by atoms with Crippen molar-refractivity contribution in [2.75, 3.05) is 13.1 Å². The lowest BCUT2D eigenvalue weighted by atomic mass is 10.7. The van der Waals surface area contributed by atoms with Gasteiger partial charge in [0.05, 0.1) is 12.1 Å². The minimum atomic E-state index is 0.937. The van der Waals surface area contributed by atoms with Crippen molar-refractivity contribution in [1.82, 2.24) is 4.72 Å². The van der Waals surface area contributed by atoms with Crippen molar-refractivity contribution in [3.63, 3.8) is 0 Å². The maximum Gasteiger partial charge on any atom is 0.0694 e. The average molecular weight is 102 g/mol. The molecule has 3 heteroatoms. The molecule has 1 heterocycles. The van der Waals surface area contributed by atoms with Gasteiger partial charge in [-0.15, -0.1) is 0 Å². The smallest absolute Gasteiger partial charge is 0.0694 e. The molecule has 34 valence electrons. The van der Waals surface area contributed by atoms with Crippen LogP contribution in [0.3, 0.4) is 0 Å². The van der Waals surface area contributed by atoms with Gasteiger partial charge in [-0.25, -0.2) is 0 Å². The summed E-state index contributed by atoms with van der Waals surface area (Å²) in [5.41, 5.74) is 1.82. The Labute approximate surface area is 41.2 Å². The lowest BCUT2D eigenvalue weighted by Gasteiger charge is -1.99. The number of hydrogen-bond donors (Lipinski definition) is 1. The summed E-state index contributed by atoms with van der Waals surface area (Å²) < 4.78 is 3.05. The Hall–Kier alpha value is -0.0200. The summed E-state index contributed by atoms with van der Waals surface area (Å²) >= 11 is 1.55. The molecule has 0 spiro atoms. The highest BCUT2D eigenvalue weighted by molar-refractivity contribution is 8.10. The summed E-state index contributed by atoms with van der Waals surface area (Å²) in [4.78, 5) is 3.95. The number of aliphatic imine (C=N–C) groups is 1. The van der Waals surface area contributed by atoms with Crippen molar-refractivity contribution < 1.29 is 0 Å². The van der Waals surface area contributed by atoms with Gasteiger partial charge in [0.25, 0.3) is 0 Å². The van der Waals surface area contributed by atoms with E-state index in [1.807, 2.05) is 5.55 Å². The molecule has 1 aliphatic heterocycles. The lowest BCUT2D eigenvalue weighted by molar-refractivity contribution is 0.917. The molecule has 1 rings (SSSR count). The minimum Gasteiger partial charge on any atom is -0.284 e. The number of nitrogens with zero attached hydrogens (tertiary/aromatic N) is 1. The van der Waals surface area contributed by atoms with Crippen molar-refractivity contribution in [3.8, 4) is 0 Å². The summed E-state index contributed by atoms with van der Waals surface area (Å²) in [5.74, 6) is 0. The third-order valence-corrected chi connectivity index (χ3v) is 1.18. The summed E-state index contributed by atoms with van der Waals surface area (Å²) in [5, 5.41) is 0. The van der Waals surface area contributed by atoms with Crippen LogP contribution in [-0.2, 0) is 0 Å². The maximum absolute atomic E-state index is 3.95. The first-order valence-corrected chi connectivity index (χ1v) is 2.75. The van der Waals surface area contributed by atoms with E-state index < -0.39 is 0 Å². The van der Waals surface area contributed by atoms with E-state index in [0.29, 0.717) is 0 Å². The Balaban J connectivity index is 2.26. The van der Waals surface area contributed by atoms with Gasteiger partial charge in [0.2, 0.25) is 0 Å². The molecule has 0 radical (unpaired) electrons. The van der Waals surface area contributed by atoms with Crippen LogP contribution in [0, 0.1) is 0 Å². The van der Waals surface area contributed by atoms with Crippen molar-refractivity contribution >= 4 is 17.5 Å². The van der Waals surface area contributed by atoms with Crippen molar-refractivity contribution in [2.24, 2.45) is 4.99 Å². The van der Waals surface area contributed by atoms with Crippen LogP contribution < -0.4 is 4.72 Å². The zero-order valence-electron chi connectivity index (χ0n) is 3.35. The zero-order valence-corrected chi connectivity index (χ0v) is 4.16. The monoisotopic (exact) mass is 102 g/mol. The van der Waals surface area contributed by atoms with E-state index in [0.717, 1.165) is 13.1 Å². The SMILES string of the molecule is C1=NCCNS1. The van der Waals surface area contributed by atoms with Gasteiger partial charge in [0.1, 0.15) is 0 Å². The second-order valence-electron chi connectivity index (χ2n) is 1.02. The fraction of sp³-hybridized carbons (Fsp3) is 0.667. The second kappa shape index (κ2) is 2.21. The Morgan fingerprint density at radius 2 is 2.83 bits per heavy atom. The lowest BCUT2D eigenvalue weighted by Crippen LogP contribution is -2.12. The Kier molecular flexibility index (Phi) is 1.52. The highest BCUT2D eigenvalue weighted by Gasteiger charge is 1.86. The van der Waals surface area contributed by atoms with E-state index in [2.05, 4.69) is 9.71 Å². The highest BCUT2D eigenvalue weighted by Crippen LogP contribution is 1.89. The highest BCUT2D eigenvalue weighted by atomic mass is 32.2. The number of nitrogens with one attached hydrogen (secondary N) is 1. The molecular weight excluding hydrogens is 96.1 g/mol. The molecule has 0 unspecified atom stereocenters. The van der Waals surface area contributed by atoms with Crippen LogP contribution in [0.2, 0.25) is 0 Å². The third-order valence-electron chi connectivity index (χ3n) is 0.554. The van der Waals surface area contributed by atoms with E-state index in [1.165, 1.54) is 0 Å². The molecule has 0 fully saturated rings. The van der Waals surface area contributed by atoms with Crippen LogP contribution in [0.25, 0.3) is 0 Å². The van der Waals surface area contributed by atoms with Gasteiger partial charge in [-0.1, -0.05) is 0 Å². The molecule has 0 aromatic rings. The summed E-state index contributed by atoms with van der Waals surface area (Å²) in [6, 6.07) is 0. The van der Waals surface area contributed by atoms with Gasteiger partial charge in [0.15, 0.2) is 0 Å². The van der Waals surface area contributed by atoms with E-state index >= 15 is 0 Å². The number of rotatable bonds is 0. The third kappa shape index (κ3) is 0.988. The van der Waals surface area contributed by atoms with Crippen LogP contribution in [0.4, 0.5) is 0 Å². The molecule has 0 bridgehead atoms. The average Bonchev–Trinajstić information content (AvgIpc) is 1.72. The zero-order chi connectivity index (χ0) is 4.24. The standard InChI is InChI=1S/C3H6N2S/c1-2-5-6-3-4-1/h3,5H,1-2H2. The fourth-order valence-electron chi connectivity index (χ4n) is 0.296. The summed E-state index contributed by atoms with van der Waals surface area (Å²) in [6.45, 7) is 1.95. The normalized spacial score (nSPS) is 21.3. The van der Waals surface area contributed by atoms with Crippen LogP contribution in [0.15, 0.2) is 4.99 Å². The van der Waals surface area contributed by atoms with E-state index in [1.54, 1.807) is 11.9 Å². The molecule has 2 nitrogen and oxygen atoms in total. The topological polar surface area (TPSA) is 24.4 Å². The van der Waals surface area contributed by atoms with Gasteiger partial charge in [-0.3, -0.25) is 9.71 Å². The molecule has 0 aromatic carbocycles. The molecule has 1 N–H and O–H groups in total. The second-order valence-corrected chi connectivity index (χ2v) is 1.76. The first-order chi connectivity index (χ1) is 3.00. The first-order valence-electron chi connectivity index (χ1n) is 1.87. The van der Waals surface area contributed by atoms with E-state index in [9.17, 15) is 0 Å². The molecule has 0 atom stereocenters. The first kappa shape index (κ1) is 4.15. The predicted molar refractivity (Wildman–Crippen MR) is 29.0 cm³/mol. The van der Waals surface area contributed by atoms with Crippen LogP contribution >= 0.6 is 11.9 Å². The van der Waals surface area contributed by atoms with Crippen molar-refractivity contribution in [3.05, 3.63) is 0 Å². The number of hydrogen-bond acceptors (Lipinski definition) is 3. The maximum atomic E-state index is 3.95. The molecule has 1 aliphatic rings. The Bertz CT molecular complexity index is 53.8. The quantitative estimate of drug-likeness (QED) is 0.444. The molecular formula is C3H6N2S. The predicted octanol–water partition coefficient (Wildman–Crippen LogP) is 0.266. The van der Waals surface area contributed by atoms with Gasteiger partial charge in [0, 0.05) is 6.54 Å². The van der Waals surface area contributed by atoms with Crippen LogP contribution in [0.1, 0.15) is 0 Å². The van der Waals surface area contributed by atoms with Gasteiger partial charge >= 0.3 is 0 Å². The molecule has 0 aromatic heterocycles. The Morgan fingerprint density at radius 3 is 3.00 bits per heavy atom.